The molecule has 0 atom stereocenters. The maximum absolute atomic E-state index is 13.8. The van der Waals surface area contributed by atoms with Crippen molar-refractivity contribution >= 4 is 35.5 Å². The van der Waals surface area contributed by atoms with E-state index in [1.165, 1.54) is 4.90 Å². The van der Waals surface area contributed by atoms with Crippen molar-refractivity contribution in [2.24, 2.45) is 0 Å². The molecule has 0 bridgehead atoms. The largest absolute Gasteiger partial charge is 0.466 e. The standard InChI is InChI=1S/C33H43N3O7/c1-7-42-29(38)16-18-35-21-28(37)36(31(40)25-14-12-22(2)19-23(25)3)27-15-13-24(20-26(27)30(35)39)11-9-8-10-17-34-32(41)43-33(4,5)6/h12-15,19-20H,7-11,16-18,21H2,1-6H3,(H,34,41). The molecule has 2 aromatic rings. The molecule has 0 radical (unpaired) electrons. The zero-order valence-electron chi connectivity index (χ0n) is 26.1. The van der Waals surface area contributed by atoms with Gasteiger partial charge in [-0.2, -0.15) is 0 Å². The van der Waals surface area contributed by atoms with Crippen molar-refractivity contribution in [2.45, 2.75) is 79.2 Å². The molecule has 2 aromatic carbocycles. The van der Waals surface area contributed by atoms with Gasteiger partial charge in [-0.25, -0.2) is 9.69 Å². The zero-order chi connectivity index (χ0) is 31.7. The summed E-state index contributed by atoms with van der Waals surface area (Å²) in [5.74, 6) is -1.95. The molecule has 0 aliphatic carbocycles. The molecule has 10 heteroatoms. The van der Waals surface area contributed by atoms with Gasteiger partial charge in [0.15, 0.2) is 0 Å². The number of rotatable bonds is 11. The molecule has 0 aromatic heterocycles. The third kappa shape index (κ3) is 9.39. The number of ether oxygens (including phenoxy) is 2. The first kappa shape index (κ1) is 33.3. The fourth-order valence-electron chi connectivity index (χ4n) is 4.89. The average Bonchev–Trinajstić information content (AvgIpc) is 3.02. The molecule has 0 saturated heterocycles. The number of carbonyl (C=O) groups excluding carboxylic acids is 5. The summed E-state index contributed by atoms with van der Waals surface area (Å²) in [5.41, 5.74) is 2.88. The highest BCUT2D eigenvalue weighted by Crippen LogP contribution is 2.30. The molecule has 1 aliphatic heterocycles. The number of unbranched alkanes of at least 4 members (excludes halogenated alkanes) is 2. The second-order valence-electron chi connectivity index (χ2n) is 11.7. The average molecular weight is 594 g/mol. The molecule has 4 amide bonds. The summed E-state index contributed by atoms with van der Waals surface area (Å²) >= 11 is 0. The first-order valence-corrected chi connectivity index (χ1v) is 14.8. The van der Waals surface area contributed by atoms with Crippen LogP contribution in [0.25, 0.3) is 0 Å². The minimum Gasteiger partial charge on any atom is -0.466 e. The van der Waals surface area contributed by atoms with Gasteiger partial charge >= 0.3 is 12.1 Å². The third-order valence-corrected chi connectivity index (χ3v) is 6.91. The van der Waals surface area contributed by atoms with Crippen molar-refractivity contribution < 1.29 is 33.4 Å². The maximum atomic E-state index is 13.8. The lowest BCUT2D eigenvalue weighted by Gasteiger charge is -2.22. The summed E-state index contributed by atoms with van der Waals surface area (Å²) < 4.78 is 10.3. The Bertz CT molecular complexity index is 1360. The summed E-state index contributed by atoms with van der Waals surface area (Å²) in [7, 11) is 0. The van der Waals surface area contributed by atoms with E-state index in [2.05, 4.69) is 5.32 Å². The van der Waals surface area contributed by atoms with Crippen LogP contribution >= 0.6 is 0 Å². The molecular formula is C33H43N3O7. The number of nitrogens with zero attached hydrogens (tertiary/aromatic N) is 2. The fraction of sp³-hybridized carbons (Fsp3) is 0.485. The third-order valence-electron chi connectivity index (χ3n) is 6.91. The van der Waals surface area contributed by atoms with Crippen molar-refractivity contribution in [3.8, 4) is 0 Å². The maximum Gasteiger partial charge on any atom is 0.407 e. The Hall–Kier alpha value is -4.21. The number of carbonyl (C=O) groups is 5. The summed E-state index contributed by atoms with van der Waals surface area (Å²) in [6.07, 6.45) is 2.55. The minimum atomic E-state index is -0.551. The molecule has 1 heterocycles. The Morgan fingerprint density at radius 2 is 1.72 bits per heavy atom. The van der Waals surface area contributed by atoms with Crippen molar-refractivity contribution in [1.29, 1.82) is 0 Å². The van der Waals surface area contributed by atoms with E-state index < -0.39 is 35.4 Å². The summed E-state index contributed by atoms with van der Waals surface area (Å²) in [4.78, 5) is 67.3. The van der Waals surface area contributed by atoms with Crippen LogP contribution in [0, 0.1) is 13.8 Å². The van der Waals surface area contributed by atoms with Crippen LogP contribution in [0.2, 0.25) is 0 Å². The van der Waals surface area contributed by atoms with Crippen LogP contribution in [0.3, 0.4) is 0 Å². The molecular weight excluding hydrogens is 550 g/mol. The molecule has 0 spiro atoms. The van der Waals surface area contributed by atoms with Crippen LogP contribution in [-0.2, 0) is 25.5 Å². The van der Waals surface area contributed by atoms with E-state index >= 15 is 0 Å². The van der Waals surface area contributed by atoms with E-state index in [1.54, 1.807) is 25.1 Å². The van der Waals surface area contributed by atoms with Gasteiger partial charge in [0, 0.05) is 18.7 Å². The van der Waals surface area contributed by atoms with Crippen molar-refractivity contribution in [3.63, 3.8) is 0 Å². The highest BCUT2D eigenvalue weighted by atomic mass is 16.6. The van der Waals surface area contributed by atoms with Gasteiger partial charge in [0.1, 0.15) is 12.1 Å². The quantitative estimate of drug-likeness (QED) is 0.218. The van der Waals surface area contributed by atoms with Crippen LogP contribution in [0.1, 0.15) is 90.8 Å². The number of aryl methyl sites for hydroxylation is 3. The van der Waals surface area contributed by atoms with Crippen LogP contribution in [0.15, 0.2) is 36.4 Å². The number of alkyl carbamates (subject to hydrolysis) is 1. The summed E-state index contributed by atoms with van der Waals surface area (Å²) in [6.45, 7) is 11.2. The number of imide groups is 1. The normalized spacial score (nSPS) is 13.3. The van der Waals surface area contributed by atoms with Crippen LogP contribution in [-0.4, -0.2) is 66.5 Å². The van der Waals surface area contributed by atoms with Crippen molar-refractivity contribution in [3.05, 3.63) is 64.2 Å². The number of fused-ring (bicyclic) bond motifs is 1. The molecule has 0 saturated carbocycles. The topological polar surface area (TPSA) is 122 Å². The van der Waals surface area contributed by atoms with E-state index in [4.69, 9.17) is 9.47 Å². The first-order chi connectivity index (χ1) is 20.3. The van der Waals surface area contributed by atoms with E-state index in [0.717, 1.165) is 40.9 Å². The van der Waals surface area contributed by atoms with Crippen molar-refractivity contribution in [2.75, 3.05) is 31.1 Å². The van der Waals surface area contributed by atoms with Gasteiger partial charge in [0.25, 0.3) is 17.7 Å². The lowest BCUT2D eigenvalue weighted by molar-refractivity contribution is -0.143. The zero-order valence-corrected chi connectivity index (χ0v) is 26.1. The van der Waals surface area contributed by atoms with Crippen LogP contribution < -0.4 is 10.2 Å². The Labute approximate surface area is 253 Å². The van der Waals surface area contributed by atoms with Gasteiger partial charge in [-0.3, -0.25) is 19.2 Å². The molecule has 1 aliphatic rings. The lowest BCUT2D eigenvalue weighted by Crippen LogP contribution is -2.43. The Morgan fingerprint density at radius 1 is 0.977 bits per heavy atom. The number of esters is 1. The fourth-order valence-corrected chi connectivity index (χ4v) is 4.89. The van der Waals surface area contributed by atoms with E-state index in [-0.39, 0.29) is 37.4 Å². The van der Waals surface area contributed by atoms with Gasteiger partial charge < -0.3 is 19.7 Å². The molecule has 10 nitrogen and oxygen atoms in total. The summed E-state index contributed by atoms with van der Waals surface area (Å²) in [6, 6.07) is 10.6. The van der Waals surface area contributed by atoms with Gasteiger partial charge in [-0.1, -0.05) is 30.2 Å². The highest BCUT2D eigenvalue weighted by molar-refractivity contribution is 6.25. The number of anilines is 1. The van der Waals surface area contributed by atoms with Crippen LogP contribution in [0.4, 0.5) is 10.5 Å². The molecule has 232 valence electrons. The number of amides is 4. The molecule has 1 N–H and O–H groups in total. The first-order valence-electron chi connectivity index (χ1n) is 14.8. The number of benzene rings is 2. The predicted molar refractivity (Wildman–Crippen MR) is 163 cm³/mol. The SMILES string of the molecule is CCOC(=O)CCN1CC(=O)N(C(=O)c2ccc(C)cc2C)c2ccc(CCCCCNC(=O)OC(C)(C)C)cc2C1=O. The summed E-state index contributed by atoms with van der Waals surface area (Å²) in [5, 5.41) is 2.75. The van der Waals surface area contributed by atoms with Gasteiger partial charge in [-0.15, -0.1) is 0 Å². The van der Waals surface area contributed by atoms with Gasteiger partial charge in [-0.05, 0) is 90.1 Å². The van der Waals surface area contributed by atoms with Gasteiger partial charge in [0.2, 0.25) is 0 Å². The Morgan fingerprint density at radius 3 is 2.40 bits per heavy atom. The Kier molecular flexibility index (Phi) is 11.5. The Balaban J connectivity index is 1.80. The predicted octanol–water partition coefficient (Wildman–Crippen LogP) is 5.12. The lowest BCUT2D eigenvalue weighted by atomic mass is 10.0. The smallest absolute Gasteiger partial charge is 0.407 e. The number of nitrogens with one attached hydrogen (secondary N) is 1. The molecule has 0 fully saturated rings. The minimum absolute atomic E-state index is 0.0106. The second-order valence-corrected chi connectivity index (χ2v) is 11.7. The number of hydrogen-bond donors (Lipinski definition) is 1. The molecule has 3 rings (SSSR count). The monoisotopic (exact) mass is 593 g/mol. The van der Waals surface area contributed by atoms with E-state index in [1.807, 2.05) is 52.8 Å². The molecule has 0 unspecified atom stereocenters. The number of hydrogen-bond acceptors (Lipinski definition) is 7. The van der Waals surface area contributed by atoms with Gasteiger partial charge in [0.05, 0.1) is 24.3 Å². The molecule has 43 heavy (non-hydrogen) atoms. The van der Waals surface area contributed by atoms with E-state index in [9.17, 15) is 24.0 Å². The highest BCUT2D eigenvalue weighted by Gasteiger charge is 2.36. The second kappa shape index (κ2) is 14.8. The van der Waals surface area contributed by atoms with E-state index in [0.29, 0.717) is 18.5 Å². The van der Waals surface area contributed by atoms with Crippen molar-refractivity contribution in [1.82, 2.24) is 10.2 Å². The van der Waals surface area contributed by atoms with Crippen LogP contribution in [0.5, 0.6) is 0 Å².